The summed E-state index contributed by atoms with van der Waals surface area (Å²) >= 11 is 0. The van der Waals surface area contributed by atoms with E-state index in [1.165, 1.54) is 4.90 Å². The third-order valence-corrected chi connectivity index (χ3v) is 2.56. The van der Waals surface area contributed by atoms with Gasteiger partial charge in [0.05, 0.1) is 6.61 Å². The third-order valence-electron chi connectivity index (χ3n) is 2.56. The van der Waals surface area contributed by atoms with Gasteiger partial charge in [-0.2, -0.15) is 0 Å². The van der Waals surface area contributed by atoms with Crippen LogP contribution in [0.1, 0.15) is 19.8 Å². The summed E-state index contributed by atoms with van der Waals surface area (Å²) in [5.74, 6) is -0.827. The lowest BCUT2D eigenvalue weighted by atomic mass is 10.2. The first-order valence-corrected chi connectivity index (χ1v) is 5.55. The lowest BCUT2D eigenvalue weighted by Crippen LogP contribution is -2.47. The van der Waals surface area contributed by atoms with Gasteiger partial charge in [-0.25, -0.2) is 4.79 Å². The molecule has 0 aromatic heterocycles. The molecule has 1 aliphatic heterocycles. The summed E-state index contributed by atoms with van der Waals surface area (Å²) in [6.07, 6.45) is 0.690. The van der Waals surface area contributed by atoms with E-state index in [1.54, 1.807) is 6.92 Å². The Kier molecular flexibility index (Phi) is 4.74. The van der Waals surface area contributed by atoms with Crippen molar-refractivity contribution in [2.45, 2.75) is 25.8 Å². The zero-order chi connectivity index (χ0) is 12.8. The average Bonchev–Trinajstić information content (AvgIpc) is 2.75. The smallest absolute Gasteiger partial charge is 0.407 e. The van der Waals surface area contributed by atoms with Crippen LogP contribution in [0, 0.1) is 0 Å². The van der Waals surface area contributed by atoms with Crippen LogP contribution < -0.4 is 11.1 Å². The number of primary amides is 1. The minimum absolute atomic E-state index is 0.178. The summed E-state index contributed by atoms with van der Waals surface area (Å²) in [5, 5.41) is 2.32. The Labute approximate surface area is 99.3 Å². The summed E-state index contributed by atoms with van der Waals surface area (Å²) in [6, 6.07) is -0.550. The highest BCUT2D eigenvalue weighted by Crippen LogP contribution is 2.16. The number of hydrogen-bond acceptors (Lipinski definition) is 4. The number of likely N-dealkylation sites (tertiary alicyclic amines) is 1. The van der Waals surface area contributed by atoms with Gasteiger partial charge in [-0.1, -0.05) is 0 Å². The Morgan fingerprint density at radius 2 is 2.18 bits per heavy atom. The first kappa shape index (κ1) is 13.3. The fourth-order valence-electron chi connectivity index (χ4n) is 1.79. The Balaban J connectivity index is 2.42. The number of amides is 3. The number of nitrogens with two attached hydrogens (primary N) is 1. The van der Waals surface area contributed by atoms with E-state index in [4.69, 9.17) is 5.73 Å². The molecule has 1 fully saturated rings. The van der Waals surface area contributed by atoms with Crippen LogP contribution in [0.2, 0.25) is 0 Å². The van der Waals surface area contributed by atoms with Gasteiger partial charge in [0.2, 0.25) is 11.8 Å². The molecule has 0 spiro atoms. The van der Waals surface area contributed by atoms with Crippen LogP contribution in [0.5, 0.6) is 0 Å². The van der Waals surface area contributed by atoms with Gasteiger partial charge in [0.15, 0.2) is 0 Å². The van der Waals surface area contributed by atoms with Crippen molar-refractivity contribution in [1.82, 2.24) is 10.2 Å². The number of carbonyl (C=O) groups is 3. The van der Waals surface area contributed by atoms with Crippen molar-refractivity contribution < 1.29 is 19.1 Å². The van der Waals surface area contributed by atoms with Crippen molar-refractivity contribution in [2.24, 2.45) is 5.73 Å². The molecule has 1 rings (SSSR count). The number of alkyl carbamates (subject to hydrolysis) is 1. The maximum atomic E-state index is 11.7. The van der Waals surface area contributed by atoms with Gasteiger partial charge in [0, 0.05) is 6.54 Å². The normalized spacial score (nSPS) is 18.9. The number of carbonyl (C=O) groups excluding carboxylic acids is 3. The quantitative estimate of drug-likeness (QED) is 0.675. The molecule has 0 bridgehead atoms. The minimum Gasteiger partial charge on any atom is -0.450 e. The van der Waals surface area contributed by atoms with E-state index >= 15 is 0 Å². The molecule has 3 N–H and O–H groups in total. The van der Waals surface area contributed by atoms with Crippen LogP contribution in [0.4, 0.5) is 4.79 Å². The lowest BCUT2D eigenvalue weighted by Gasteiger charge is -2.22. The predicted octanol–water partition coefficient (Wildman–Crippen LogP) is -0.791. The monoisotopic (exact) mass is 243 g/mol. The zero-order valence-electron chi connectivity index (χ0n) is 9.77. The highest BCUT2D eigenvalue weighted by Gasteiger charge is 2.32. The van der Waals surface area contributed by atoms with E-state index in [1.807, 2.05) is 0 Å². The number of rotatable bonds is 4. The van der Waals surface area contributed by atoms with Crippen molar-refractivity contribution in [3.63, 3.8) is 0 Å². The molecule has 1 heterocycles. The molecule has 1 unspecified atom stereocenters. The Hall–Kier alpha value is -1.79. The molecule has 0 aromatic carbocycles. The molecule has 0 aromatic rings. The second kappa shape index (κ2) is 6.07. The van der Waals surface area contributed by atoms with Gasteiger partial charge in [-0.05, 0) is 19.8 Å². The molecule has 3 amide bonds. The van der Waals surface area contributed by atoms with E-state index in [0.29, 0.717) is 13.0 Å². The summed E-state index contributed by atoms with van der Waals surface area (Å²) in [6.45, 7) is 2.23. The highest BCUT2D eigenvalue weighted by atomic mass is 16.5. The molecule has 7 heteroatoms. The SMILES string of the molecule is CCOC(=O)NCC(=O)N1CCCC1C(N)=O. The Bertz CT molecular complexity index is 319. The van der Waals surface area contributed by atoms with Crippen molar-refractivity contribution >= 4 is 17.9 Å². The molecule has 1 aliphatic rings. The van der Waals surface area contributed by atoms with Crippen LogP contribution in [0.15, 0.2) is 0 Å². The van der Waals surface area contributed by atoms with E-state index in [0.717, 1.165) is 6.42 Å². The minimum atomic E-state index is -0.643. The van der Waals surface area contributed by atoms with Crippen LogP contribution in [0.3, 0.4) is 0 Å². The standard InChI is InChI=1S/C10H17N3O4/c1-2-17-10(16)12-6-8(14)13-5-3-4-7(13)9(11)15/h7H,2-6H2,1H3,(H2,11,15)(H,12,16). The van der Waals surface area contributed by atoms with Gasteiger partial charge < -0.3 is 20.7 Å². The molecule has 0 aliphatic carbocycles. The van der Waals surface area contributed by atoms with Crippen LogP contribution in [-0.4, -0.2) is 48.5 Å². The molecule has 1 saturated heterocycles. The summed E-state index contributed by atoms with van der Waals surface area (Å²) in [5.41, 5.74) is 5.18. The van der Waals surface area contributed by atoms with E-state index < -0.39 is 18.0 Å². The molecule has 0 saturated carbocycles. The van der Waals surface area contributed by atoms with Crippen molar-refractivity contribution in [3.8, 4) is 0 Å². The van der Waals surface area contributed by atoms with Crippen molar-refractivity contribution in [1.29, 1.82) is 0 Å². The van der Waals surface area contributed by atoms with Gasteiger partial charge in [-0.15, -0.1) is 0 Å². The largest absolute Gasteiger partial charge is 0.450 e. The number of hydrogen-bond donors (Lipinski definition) is 2. The van der Waals surface area contributed by atoms with Crippen LogP contribution in [0.25, 0.3) is 0 Å². The maximum Gasteiger partial charge on any atom is 0.407 e. The third kappa shape index (κ3) is 3.61. The molecule has 1 atom stereocenters. The first-order valence-electron chi connectivity index (χ1n) is 5.55. The van der Waals surface area contributed by atoms with Crippen molar-refractivity contribution in [2.75, 3.05) is 19.7 Å². The first-order chi connectivity index (χ1) is 8.06. The summed E-state index contributed by atoms with van der Waals surface area (Å²) < 4.78 is 4.62. The Morgan fingerprint density at radius 1 is 1.47 bits per heavy atom. The zero-order valence-corrected chi connectivity index (χ0v) is 9.77. The second-order valence-electron chi connectivity index (χ2n) is 3.72. The molecule has 7 nitrogen and oxygen atoms in total. The second-order valence-corrected chi connectivity index (χ2v) is 3.72. The number of ether oxygens (including phenoxy) is 1. The topological polar surface area (TPSA) is 102 Å². The predicted molar refractivity (Wildman–Crippen MR) is 59.0 cm³/mol. The number of nitrogens with zero attached hydrogens (tertiary/aromatic N) is 1. The van der Waals surface area contributed by atoms with Gasteiger partial charge in [-0.3, -0.25) is 9.59 Å². The fraction of sp³-hybridized carbons (Fsp3) is 0.700. The highest BCUT2D eigenvalue weighted by molar-refractivity contribution is 5.89. The van der Waals surface area contributed by atoms with Crippen LogP contribution >= 0.6 is 0 Å². The van der Waals surface area contributed by atoms with Gasteiger partial charge in [0.25, 0.3) is 0 Å². The number of nitrogens with one attached hydrogen (secondary N) is 1. The maximum absolute atomic E-state index is 11.7. The van der Waals surface area contributed by atoms with E-state index in [9.17, 15) is 14.4 Å². The Morgan fingerprint density at radius 3 is 2.76 bits per heavy atom. The molecular weight excluding hydrogens is 226 g/mol. The lowest BCUT2D eigenvalue weighted by molar-refractivity contribution is -0.136. The van der Waals surface area contributed by atoms with E-state index in [2.05, 4.69) is 10.1 Å². The van der Waals surface area contributed by atoms with E-state index in [-0.39, 0.29) is 19.1 Å². The molecule has 96 valence electrons. The van der Waals surface area contributed by atoms with Gasteiger partial charge in [0.1, 0.15) is 12.6 Å². The average molecular weight is 243 g/mol. The molecular formula is C10H17N3O4. The molecule has 17 heavy (non-hydrogen) atoms. The van der Waals surface area contributed by atoms with Crippen LogP contribution in [-0.2, 0) is 14.3 Å². The van der Waals surface area contributed by atoms with Crippen molar-refractivity contribution in [3.05, 3.63) is 0 Å². The molecule has 0 radical (unpaired) electrons. The summed E-state index contributed by atoms with van der Waals surface area (Å²) in [4.78, 5) is 35.2. The fourth-order valence-corrected chi connectivity index (χ4v) is 1.79. The summed E-state index contributed by atoms with van der Waals surface area (Å²) in [7, 11) is 0. The van der Waals surface area contributed by atoms with Gasteiger partial charge >= 0.3 is 6.09 Å².